The third-order valence-electron chi connectivity index (χ3n) is 2.64. The van der Waals surface area contributed by atoms with Gasteiger partial charge in [-0.15, -0.1) is 0 Å². The lowest BCUT2D eigenvalue weighted by molar-refractivity contribution is 0.994. The van der Waals surface area contributed by atoms with Gasteiger partial charge < -0.3 is 10.6 Å². The van der Waals surface area contributed by atoms with Gasteiger partial charge in [0, 0.05) is 18.7 Å². The summed E-state index contributed by atoms with van der Waals surface area (Å²) in [5.41, 5.74) is 2.35. The van der Waals surface area contributed by atoms with Crippen LogP contribution in [0.25, 0.3) is 0 Å². The Kier molecular flexibility index (Phi) is 4.15. The van der Waals surface area contributed by atoms with Crippen molar-refractivity contribution in [3.8, 4) is 0 Å². The minimum Gasteiger partial charge on any atom is -0.370 e. The van der Waals surface area contributed by atoms with Crippen LogP contribution in [0.1, 0.15) is 23.9 Å². The van der Waals surface area contributed by atoms with E-state index < -0.39 is 0 Å². The van der Waals surface area contributed by atoms with E-state index in [2.05, 4.69) is 44.4 Å². The van der Waals surface area contributed by atoms with Crippen molar-refractivity contribution in [2.24, 2.45) is 0 Å². The topological polar surface area (TPSA) is 49.8 Å². The zero-order chi connectivity index (χ0) is 13.0. The first-order chi connectivity index (χ1) is 8.70. The van der Waals surface area contributed by atoms with Crippen LogP contribution in [0.2, 0.25) is 0 Å². The van der Waals surface area contributed by atoms with E-state index in [1.54, 1.807) is 11.3 Å². The fraction of sp³-hybridized carbons (Fsp3) is 0.385. The van der Waals surface area contributed by atoms with Crippen molar-refractivity contribution in [3.05, 3.63) is 33.8 Å². The van der Waals surface area contributed by atoms with Crippen molar-refractivity contribution in [1.82, 2.24) is 9.97 Å². The molecule has 4 nitrogen and oxygen atoms in total. The second-order valence-corrected chi connectivity index (χ2v) is 4.89. The minimum atomic E-state index is 0.782. The number of aryl methyl sites for hydroxylation is 1. The van der Waals surface area contributed by atoms with Crippen LogP contribution in [-0.4, -0.2) is 16.5 Å². The lowest BCUT2D eigenvalue weighted by atomic mass is 10.2. The molecule has 0 atom stereocenters. The molecular formula is C13H18N4S. The smallest absolute Gasteiger partial charge is 0.135 e. The van der Waals surface area contributed by atoms with Gasteiger partial charge in [-0.3, -0.25) is 0 Å². The van der Waals surface area contributed by atoms with Crippen molar-refractivity contribution in [1.29, 1.82) is 0 Å². The summed E-state index contributed by atoms with van der Waals surface area (Å²) in [4.78, 5) is 8.86. The predicted molar refractivity (Wildman–Crippen MR) is 77.3 cm³/mol. The molecule has 5 heteroatoms. The Labute approximate surface area is 111 Å². The van der Waals surface area contributed by atoms with Crippen LogP contribution in [0, 0.1) is 13.8 Å². The SMILES string of the molecule is CCNc1nc(C)nc(NCc2ccsc2)c1C. The number of thiophene rings is 1. The highest BCUT2D eigenvalue weighted by molar-refractivity contribution is 7.07. The lowest BCUT2D eigenvalue weighted by Crippen LogP contribution is -2.09. The molecule has 0 aromatic carbocycles. The van der Waals surface area contributed by atoms with E-state index in [0.717, 1.165) is 36.1 Å². The molecule has 0 bridgehead atoms. The van der Waals surface area contributed by atoms with E-state index in [-0.39, 0.29) is 0 Å². The van der Waals surface area contributed by atoms with E-state index >= 15 is 0 Å². The summed E-state index contributed by atoms with van der Waals surface area (Å²) < 4.78 is 0. The molecule has 2 heterocycles. The van der Waals surface area contributed by atoms with Gasteiger partial charge in [-0.2, -0.15) is 11.3 Å². The fourth-order valence-electron chi connectivity index (χ4n) is 1.72. The van der Waals surface area contributed by atoms with Gasteiger partial charge in [0.15, 0.2) is 0 Å². The fourth-order valence-corrected chi connectivity index (χ4v) is 2.39. The van der Waals surface area contributed by atoms with Gasteiger partial charge in [-0.25, -0.2) is 9.97 Å². The molecule has 0 spiro atoms. The monoisotopic (exact) mass is 262 g/mol. The van der Waals surface area contributed by atoms with E-state index in [1.807, 2.05) is 13.8 Å². The van der Waals surface area contributed by atoms with Crippen LogP contribution >= 0.6 is 11.3 Å². The summed E-state index contributed by atoms with van der Waals surface area (Å²) in [6.07, 6.45) is 0. The zero-order valence-electron chi connectivity index (χ0n) is 10.9. The Hall–Kier alpha value is -1.62. The maximum Gasteiger partial charge on any atom is 0.135 e. The average Bonchev–Trinajstić information content (AvgIpc) is 2.85. The van der Waals surface area contributed by atoms with Crippen LogP contribution in [0.3, 0.4) is 0 Å². The molecule has 0 aliphatic rings. The Bertz CT molecular complexity index is 508. The molecule has 0 aliphatic heterocycles. The van der Waals surface area contributed by atoms with Crippen LogP contribution in [0.4, 0.5) is 11.6 Å². The highest BCUT2D eigenvalue weighted by Gasteiger charge is 2.08. The molecule has 0 radical (unpaired) electrons. The minimum absolute atomic E-state index is 0.782. The summed E-state index contributed by atoms with van der Waals surface area (Å²) in [6, 6.07) is 2.12. The summed E-state index contributed by atoms with van der Waals surface area (Å²) in [5, 5.41) is 10.9. The van der Waals surface area contributed by atoms with Crippen molar-refractivity contribution >= 4 is 23.0 Å². The summed E-state index contributed by atoms with van der Waals surface area (Å²) in [6.45, 7) is 7.67. The van der Waals surface area contributed by atoms with Crippen molar-refractivity contribution in [2.75, 3.05) is 17.2 Å². The maximum absolute atomic E-state index is 4.46. The molecule has 2 rings (SSSR count). The highest BCUT2D eigenvalue weighted by atomic mass is 32.1. The number of aromatic nitrogens is 2. The largest absolute Gasteiger partial charge is 0.370 e. The van der Waals surface area contributed by atoms with Crippen molar-refractivity contribution in [3.63, 3.8) is 0 Å². The van der Waals surface area contributed by atoms with E-state index in [1.165, 1.54) is 5.56 Å². The Morgan fingerprint density at radius 3 is 2.50 bits per heavy atom. The second kappa shape index (κ2) is 5.82. The van der Waals surface area contributed by atoms with Gasteiger partial charge in [0.25, 0.3) is 0 Å². The first kappa shape index (κ1) is 12.8. The summed E-state index contributed by atoms with van der Waals surface area (Å²) in [7, 11) is 0. The Balaban J connectivity index is 2.16. The molecule has 0 saturated carbocycles. The van der Waals surface area contributed by atoms with Crippen LogP contribution < -0.4 is 10.6 Å². The normalized spacial score (nSPS) is 10.4. The number of rotatable bonds is 5. The van der Waals surface area contributed by atoms with Gasteiger partial charge >= 0.3 is 0 Å². The molecule has 0 saturated heterocycles. The first-order valence-electron chi connectivity index (χ1n) is 6.04. The molecule has 0 aliphatic carbocycles. The van der Waals surface area contributed by atoms with E-state index in [9.17, 15) is 0 Å². The molecule has 0 unspecified atom stereocenters. The first-order valence-corrected chi connectivity index (χ1v) is 6.99. The molecule has 96 valence electrons. The lowest BCUT2D eigenvalue weighted by Gasteiger charge is -2.13. The Morgan fingerprint density at radius 2 is 1.89 bits per heavy atom. The van der Waals surface area contributed by atoms with Crippen LogP contribution in [-0.2, 0) is 6.54 Å². The molecule has 2 aromatic rings. The number of hydrogen-bond acceptors (Lipinski definition) is 5. The van der Waals surface area contributed by atoms with Crippen LogP contribution in [0.15, 0.2) is 16.8 Å². The number of anilines is 2. The molecule has 0 fully saturated rings. The number of nitrogens with one attached hydrogen (secondary N) is 2. The van der Waals surface area contributed by atoms with Gasteiger partial charge in [-0.05, 0) is 43.2 Å². The third-order valence-corrected chi connectivity index (χ3v) is 3.37. The van der Waals surface area contributed by atoms with Gasteiger partial charge in [-0.1, -0.05) is 0 Å². The summed E-state index contributed by atoms with van der Waals surface area (Å²) in [5.74, 6) is 2.60. The number of hydrogen-bond donors (Lipinski definition) is 2. The van der Waals surface area contributed by atoms with Gasteiger partial charge in [0.2, 0.25) is 0 Å². The molecular weight excluding hydrogens is 244 g/mol. The highest BCUT2D eigenvalue weighted by Crippen LogP contribution is 2.20. The zero-order valence-corrected chi connectivity index (χ0v) is 11.8. The molecule has 18 heavy (non-hydrogen) atoms. The van der Waals surface area contributed by atoms with E-state index in [4.69, 9.17) is 0 Å². The van der Waals surface area contributed by atoms with E-state index in [0.29, 0.717) is 0 Å². The molecule has 2 N–H and O–H groups in total. The van der Waals surface area contributed by atoms with Gasteiger partial charge in [0.05, 0.1) is 0 Å². The Morgan fingerprint density at radius 1 is 1.17 bits per heavy atom. The van der Waals surface area contributed by atoms with Gasteiger partial charge in [0.1, 0.15) is 17.5 Å². The summed E-state index contributed by atoms with van der Waals surface area (Å²) >= 11 is 1.71. The maximum atomic E-state index is 4.46. The second-order valence-electron chi connectivity index (χ2n) is 4.11. The quantitative estimate of drug-likeness (QED) is 0.869. The average molecular weight is 262 g/mol. The number of nitrogens with zero attached hydrogens (tertiary/aromatic N) is 2. The van der Waals surface area contributed by atoms with Crippen LogP contribution in [0.5, 0.6) is 0 Å². The van der Waals surface area contributed by atoms with Crippen molar-refractivity contribution in [2.45, 2.75) is 27.3 Å². The third kappa shape index (κ3) is 2.98. The predicted octanol–water partition coefficient (Wildman–Crippen LogP) is 3.20. The molecule has 0 amide bonds. The van der Waals surface area contributed by atoms with Crippen molar-refractivity contribution < 1.29 is 0 Å². The molecule has 2 aromatic heterocycles. The standard InChI is InChI=1S/C13H18N4S/c1-4-14-12-9(2)13(17-10(3)16-12)15-7-11-5-6-18-8-11/h5-6,8H,4,7H2,1-3H3,(H2,14,15,16,17).